The highest BCUT2D eigenvalue weighted by molar-refractivity contribution is 7.18. The summed E-state index contributed by atoms with van der Waals surface area (Å²) < 4.78 is 12.9. The van der Waals surface area contributed by atoms with Crippen molar-refractivity contribution in [2.75, 3.05) is 12.2 Å². The molecule has 1 N–H and O–H groups in total. The van der Waals surface area contributed by atoms with E-state index in [4.69, 9.17) is 9.47 Å². The Bertz CT molecular complexity index is 1100. The number of allylic oxidation sites excluding steroid dienone is 1. The van der Waals surface area contributed by atoms with Crippen LogP contribution in [0.4, 0.5) is 5.82 Å². The van der Waals surface area contributed by atoms with E-state index in [9.17, 15) is 0 Å². The van der Waals surface area contributed by atoms with Crippen LogP contribution in [0.1, 0.15) is 35.8 Å². The van der Waals surface area contributed by atoms with Gasteiger partial charge in [0.1, 0.15) is 5.39 Å². The number of benzene rings is 1. The highest BCUT2D eigenvalue weighted by atomic mass is 32.1. The molecule has 7 heteroatoms. The Hall–Kier alpha value is -2.93. The van der Waals surface area contributed by atoms with Gasteiger partial charge in [0.05, 0.1) is 12.4 Å². The number of thiophene rings is 1. The van der Waals surface area contributed by atoms with Gasteiger partial charge in [0.15, 0.2) is 11.5 Å². The molecule has 3 heterocycles. The average molecular weight is 393 g/mol. The Morgan fingerprint density at radius 1 is 1.21 bits per heavy atom. The maximum absolute atomic E-state index is 5.42. The molecule has 2 aliphatic rings. The molecule has 0 amide bonds. The van der Waals surface area contributed by atoms with Crippen molar-refractivity contribution in [2.24, 2.45) is 5.10 Å². The summed E-state index contributed by atoms with van der Waals surface area (Å²) in [5.41, 5.74) is 5.54. The van der Waals surface area contributed by atoms with Crippen molar-refractivity contribution in [1.82, 2.24) is 4.98 Å². The fraction of sp³-hybridized carbons (Fsp3) is 0.286. The van der Waals surface area contributed by atoms with Crippen LogP contribution in [0.2, 0.25) is 0 Å². The minimum atomic E-state index is 0.273. The first-order valence-electron chi connectivity index (χ1n) is 9.49. The van der Waals surface area contributed by atoms with Gasteiger partial charge in [-0.15, -0.1) is 0 Å². The zero-order valence-electron chi connectivity index (χ0n) is 15.6. The van der Waals surface area contributed by atoms with E-state index in [1.165, 1.54) is 33.5 Å². The number of hydrazone groups is 1. The number of rotatable bonds is 4. The number of hydrogen-bond acceptors (Lipinski definition) is 6. The fourth-order valence-electron chi connectivity index (χ4n) is 3.73. The summed E-state index contributed by atoms with van der Waals surface area (Å²) in [5.74, 6) is 2.34. The molecule has 1 aliphatic heterocycles. The molecule has 6 nitrogen and oxygen atoms in total. The van der Waals surface area contributed by atoms with Gasteiger partial charge in [-0.2, -0.15) is 9.67 Å². The molecule has 0 bridgehead atoms. The first kappa shape index (κ1) is 17.2. The summed E-state index contributed by atoms with van der Waals surface area (Å²) in [6.07, 6.45) is 12.5. The monoisotopic (exact) mass is 393 g/mol. The molecule has 0 saturated heterocycles. The molecular weight excluding hydrogens is 372 g/mol. The summed E-state index contributed by atoms with van der Waals surface area (Å²) in [7, 11) is 0. The number of nitrogens with one attached hydrogen (secondary N) is 1. The lowest BCUT2D eigenvalue weighted by Gasteiger charge is -2.10. The third-order valence-electron chi connectivity index (χ3n) is 5.03. The molecule has 28 heavy (non-hydrogen) atoms. The standard InChI is InChI=1S/C21H20N4O2S/c1-2-9-25-12-22-20(19-15-5-3-4-6-18(15)28-21(19)25)24-23-11-14-7-8-16-17(10-14)27-13-26-16/h2,7-12H,3-6,13H2,1H3/p+1. The summed E-state index contributed by atoms with van der Waals surface area (Å²) in [6, 6.07) is 5.78. The molecule has 0 atom stereocenters. The topological polar surface area (TPSA) is 59.6 Å². The molecule has 0 radical (unpaired) electrons. The molecule has 1 aliphatic carbocycles. The predicted molar refractivity (Wildman–Crippen MR) is 111 cm³/mol. The van der Waals surface area contributed by atoms with Crippen LogP contribution in [0, 0.1) is 0 Å². The maximum Gasteiger partial charge on any atom is 0.294 e. The van der Waals surface area contributed by atoms with Gasteiger partial charge >= 0.3 is 0 Å². The quantitative estimate of drug-likeness (QED) is 0.411. The third kappa shape index (κ3) is 3.01. The maximum atomic E-state index is 5.42. The number of aryl methyl sites for hydroxylation is 2. The number of nitrogens with zero attached hydrogens (tertiary/aromatic N) is 3. The smallest absolute Gasteiger partial charge is 0.294 e. The van der Waals surface area contributed by atoms with Crippen LogP contribution < -0.4 is 19.5 Å². The minimum absolute atomic E-state index is 0.273. The highest BCUT2D eigenvalue weighted by Gasteiger charge is 2.25. The van der Waals surface area contributed by atoms with Gasteiger partial charge in [-0.05, 0) is 73.0 Å². The lowest BCUT2D eigenvalue weighted by molar-refractivity contribution is -0.540. The predicted octanol–water partition coefficient (Wildman–Crippen LogP) is 4.13. The zero-order chi connectivity index (χ0) is 18.9. The minimum Gasteiger partial charge on any atom is -0.454 e. The summed E-state index contributed by atoms with van der Waals surface area (Å²) >= 11 is 1.87. The molecule has 0 saturated carbocycles. The lowest BCUT2D eigenvalue weighted by Crippen LogP contribution is -2.26. The second-order valence-electron chi connectivity index (χ2n) is 6.86. The van der Waals surface area contributed by atoms with E-state index >= 15 is 0 Å². The third-order valence-corrected chi connectivity index (χ3v) is 6.33. The molecule has 3 aromatic rings. The molecule has 0 unspecified atom stereocenters. The van der Waals surface area contributed by atoms with E-state index in [1.54, 1.807) is 6.21 Å². The van der Waals surface area contributed by atoms with E-state index in [1.807, 2.05) is 48.9 Å². The van der Waals surface area contributed by atoms with Crippen LogP contribution in [-0.2, 0) is 12.8 Å². The van der Waals surface area contributed by atoms with E-state index in [2.05, 4.69) is 26.3 Å². The molecule has 142 valence electrons. The summed E-state index contributed by atoms with van der Waals surface area (Å²) in [4.78, 5) is 7.35. The Morgan fingerprint density at radius 2 is 2.11 bits per heavy atom. The van der Waals surface area contributed by atoms with E-state index in [0.29, 0.717) is 0 Å². The van der Waals surface area contributed by atoms with Gasteiger partial charge < -0.3 is 9.47 Å². The van der Waals surface area contributed by atoms with Gasteiger partial charge in [0.25, 0.3) is 12.1 Å². The van der Waals surface area contributed by atoms with E-state index in [-0.39, 0.29) is 6.79 Å². The SMILES string of the molecule is CC=C[n+]1cnc(NN=Cc2ccc3c(c2)OCO3)c2c3c(sc21)CCCC3. The molecule has 1 aromatic carbocycles. The van der Waals surface area contributed by atoms with Gasteiger partial charge in [-0.25, -0.2) is 5.43 Å². The molecular formula is C21H21N4O2S+. The van der Waals surface area contributed by atoms with E-state index in [0.717, 1.165) is 35.7 Å². The van der Waals surface area contributed by atoms with Crippen LogP contribution in [0.5, 0.6) is 11.5 Å². The van der Waals surface area contributed by atoms with Crippen molar-refractivity contribution in [3.8, 4) is 11.5 Å². The fourth-order valence-corrected chi connectivity index (χ4v) is 5.07. The number of ether oxygens (including phenoxy) is 2. The van der Waals surface area contributed by atoms with Crippen LogP contribution in [-0.4, -0.2) is 18.0 Å². The van der Waals surface area contributed by atoms with Crippen molar-refractivity contribution < 1.29 is 14.0 Å². The van der Waals surface area contributed by atoms with Crippen molar-refractivity contribution in [2.45, 2.75) is 32.6 Å². The van der Waals surface area contributed by atoms with Crippen molar-refractivity contribution in [3.05, 3.63) is 46.6 Å². The normalized spacial score (nSPS) is 15.6. The Balaban J connectivity index is 1.48. The van der Waals surface area contributed by atoms with Crippen LogP contribution in [0.15, 0.2) is 35.7 Å². The first-order chi connectivity index (χ1) is 13.8. The summed E-state index contributed by atoms with van der Waals surface area (Å²) in [5, 5.41) is 5.63. The first-order valence-corrected chi connectivity index (χ1v) is 10.3. The Labute approximate surface area is 167 Å². The largest absolute Gasteiger partial charge is 0.454 e. The number of anilines is 1. The Morgan fingerprint density at radius 3 is 3.04 bits per heavy atom. The molecule has 0 fully saturated rings. The van der Waals surface area contributed by atoms with Crippen molar-refractivity contribution in [1.29, 1.82) is 0 Å². The highest BCUT2D eigenvalue weighted by Crippen LogP contribution is 2.37. The second kappa shape index (κ2) is 7.24. The van der Waals surface area contributed by atoms with E-state index < -0.39 is 0 Å². The van der Waals surface area contributed by atoms with Gasteiger partial charge in [0, 0.05) is 4.88 Å². The van der Waals surface area contributed by atoms with Gasteiger partial charge in [0.2, 0.25) is 11.6 Å². The number of aromatic nitrogens is 2. The molecule has 0 spiro atoms. The van der Waals surface area contributed by atoms with Crippen LogP contribution in [0.25, 0.3) is 16.4 Å². The van der Waals surface area contributed by atoms with Crippen LogP contribution >= 0.6 is 11.3 Å². The van der Waals surface area contributed by atoms with Crippen molar-refractivity contribution >= 4 is 39.8 Å². The lowest BCUT2D eigenvalue weighted by atomic mass is 9.97. The Kier molecular flexibility index (Phi) is 4.44. The molecule has 2 aromatic heterocycles. The number of hydrogen-bond donors (Lipinski definition) is 1. The van der Waals surface area contributed by atoms with Gasteiger partial charge in [-0.3, -0.25) is 0 Å². The molecule has 5 rings (SSSR count). The van der Waals surface area contributed by atoms with Crippen LogP contribution in [0.3, 0.4) is 0 Å². The average Bonchev–Trinajstić information content (AvgIpc) is 3.34. The number of fused-ring (bicyclic) bond motifs is 4. The van der Waals surface area contributed by atoms with Gasteiger partial charge in [-0.1, -0.05) is 11.3 Å². The second-order valence-corrected chi connectivity index (χ2v) is 7.94. The summed E-state index contributed by atoms with van der Waals surface area (Å²) in [6.45, 7) is 2.30. The van der Waals surface area contributed by atoms with Crippen molar-refractivity contribution in [3.63, 3.8) is 0 Å². The zero-order valence-corrected chi connectivity index (χ0v) is 16.5.